The molecule has 1 N–H and O–H groups in total. The van der Waals surface area contributed by atoms with Gasteiger partial charge in [-0.1, -0.05) is 67.4 Å². The Labute approximate surface area is 247 Å². The molecule has 3 rings (SSSR count). The zero-order chi connectivity index (χ0) is 29.4. The van der Waals surface area contributed by atoms with Gasteiger partial charge >= 0.3 is 0 Å². The van der Waals surface area contributed by atoms with Crippen molar-refractivity contribution < 1.29 is 18.0 Å². The highest BCUT2D eigenvalue weighted by molar-refractivity contribution is 7.92. The molecule has 40 heavy (non-hydrogen) atoms. The molecule has 0 bridgehead atoms. The number of carbonyl (C=O) groups excluding carboxylic acids is 2. The third kappa shape index (κ3) is 7.56. The normalized spacial score (nSPS) is 12.1. The number of anilines is 1. The molecule has 0 saturated carbocycles. The van der Waals surface area contributed by atoms with Gasteiger partial charge in [0.05, 0.1) is 10.6 Å². The number of halogens is 2. The zero-order valence-electron chi connectivity index (χ0n) is 23.2. The highest BCUT2D eigenvalue weighted by Gasteiger charge is 2.34. The zero-order valence-corrected chi connectivity index (χ0v) is 25.5. The van der Waals surface area contributed by atoms with Crippen LogP contribution in [0.1, 0.15) is 43.4 Å². The lowest BCUT2D eigenvalue weighted by Crippen LogP contribution is -2.52. The van der Waals surface area contributed by atoms with E-state index >= 15 is 0 Å². The summed E-state index contributed by atoms with van der Waals surface area (Å²) in [6, 6.07) is 17.3. The maximum atomic E-state index is 14.1. The van der Waals surface area contributed by atoms with Gasteiger partial charge in [0.1, 0.15) is 12.6 Å². The number of amides is 2. The minimum atomic E-state index is -4.12. The average molecular weight is 605 g/mol. The average Bonchev–Trinajstić information content (AvgIpc) is 2.93. The van der Waals surface area contributed by atoms with Gasteiger partial charge in [0.15, 0.2) is 0 Å². The van der Waals surface area contributed by atoms with Crippen LogP contribution in [0.3, 0.4) is 0 Å². The quantitative estimate of drug-likeness (QED) is 0.269. The van der Waals surface area contributed by atoms with E-state index in [2.05, 4.69) is 5.32 Å². The van der Waals surface area contributed by atoms with Crippen molar-refractivity contribution in [3.63, 3.8) is 0 Å². The van der Waals surface area contributed by atoms with Gasteiger partial charge in [0, 0.05) is 23.1 Å². The van der Waals surface area contributed by atoms with E-state index in [-0.39, 0.29) is 17.3 Å². The molecular weight excluding hydrogens is 569 g/mol. The van der Waals surface area contributed by atoms with E-state index in [1.165, 1.54) is 17.0 Å². The highest BCUT2D eigenvalue weighted by Crippen LogP contribution is 2.28. The van der Waals surface area contributed by atoms with Crippen LogP contribution >= 0.6 is 23.2 Å². The molecule has 0 radical (unpaired) electrons. The topological polar surface area (TPSA) is 86.8 Å². The Hall–Kier alpha value is -3.07. The Bertz CT molecular complexity index is 1450. The Balaban J connectivity index is 2.08. The van der Waals surface area contributed by atoms with Crippen LogP contribution in [0.2, 0.25) is 10.0 Å². The fourth-order valence-electron chi connectivity index (χ4n) is 4.25. The molecule has 0 spiro atoms. The fourth-order valence-corrected chi connectivity index (χ4v) is 6.14. The maximum absolute atomic E-state index is 14.1. The van der Waals surface area contributed by atoms with Gasteiger partial charge in [-0.3, -0.25) is 13.9 Å². The Morgan fingerprint density at radius 3 is 2.23 bits per heavy atom. The second-order valence-electron chi connectivity index (χ2n) is 9.57. The van der Waals surface area contributed by atoms with E-state index in [4.69, 9.17) is 23.2 Å². The van der Waals surface area contributed by atoms with Crippen LogP contribution in [0.4, 0.5) is 5.69 Å². The molecule has 1 atom stereocenters. The first-order valence-corrected chi connectivity index (χ1v) is 15.3. The van der Waals surface area contributed by atoms with Crippen LogP contribution in [-0.2, 0) is 26.2 Å². The third-order valence-corrected chi connectivity index (χ3v) is 9.05. The molecule has 2 amide bonds. The summed E-state index contributed by atoms with van der Waals surface area (Å²) in [5, 5.41) is 3.65. The summed E-state index contributed by atoms with van der Waals surface area (Å²) < 4.78 is 28.9. The Morgan fingerprint density at radius 2 is 1.62 bits per heavy atom. The van der Waals surface area contributed by atoms with Gasteiger partial charge in [0.25, 0.3) is 10.0 Å². The number of aryl methyl sites for hydroxylation is 2. The molecule has 0 heterocycles. The Kier molecular flexibility index (Phi) is 11.0. The maximum Gasteiger partial charge on any atom is 0.264 e. The lowest BCUT2D eigenvalue weighted by atomic mass is 10.1. The second-order valence-corrected chi connectivity index (χ2v) is 12.3. The molecule has 3 aromatic rings. The summed E-state index contributed by atoms with van der Waals surface area (Å²) in [4.78, 5) is 28.7. The Morgan fingerprint density at radius 1 is 0.925 bits per heavy atom. The van der Waals surface area contributed by atoms with Crippen molar-refractivity contribution in [2.45, 2.75) is 58.0 Å². The molecule has 0 aliphatic carbocycles. The molecule has 214 valence electrons. The molecule has 0 aliphatic rings. The van der Waals surface area contributed by atoms with Crippen molar-refractivity contribution in [1.29, 1.82) is 0 Å². The third-order valence-electron chi connectivity index (χ3n) is 6.68. The van der Waals surface area contributed by atoms with Crippen LogP contribution in [0.5, 0.6) is 0 Å². The minimum Gasteiger partial charge on any atom is -0.354 e. The molecule has 7 nitrogen and oxygen atoms in total. The molecule has 10 heteroatoms. The van der Waals surface area contributed by atoms with E-state index in [0.29, 0.717) is 34.3 Å². The molecule has 0 aromatic heterocycles. The smallest absolute Gasteiger partial charge is 0.264 e. The van der Waals surface area contributed by atoms with Crippen molar-refractivity contribution in [2.24, 2.45) is 0 Å². The van der Waals surface area contributed by atoms with Crippen LogP contribution in [0.25, 0.3) is 0 Å². The summed E-state index contributed by atoms with van der Waals surface area (Å²) in [7, 11) is -4.12. The monoisotopic (exact) mass is 603 g/mol. The number of carbonyl (C=O) groups is 2. The number of benzene rings is 3. The first-order valence-electron chi connectivity index (χ1n) is 13.2. The van der Waals surface area contributed by atoms with Gasteiger partial charge in [-0.25, -0.2) is 8.42 Å². The summed E-state index contributed by atoms with van der Waals surface area (Å²) in [6.07, 6.45) is 1.05. The van der Waals surface area contributed by atoms with Crippen LogP contribution < -0.4 is 9.62 Å². The number of hydrogen-bond acceptors (Lipinski definition) is 4. The van der Waals surface area contributed by atoms with Crippen LogP contribution in [-0.4, -0.2) is 44.3 Å². The number of nitrogens with zero attached hydrogens (tertiary/aromatic N) is 2. The van der Waals surface area contributed by atoms with E-state index in [1.54, 1.807) is 48.5 Å². The SMILES string of the molecule is CCCNC(=O)[C@@H](CC)N(Cc1ccc(Cl)cc1Cl)C(=O)CN(c1ccc(C)c(C)c1)S(=O)(=O)c1ccccc1. The van der Waals surface area contributed by atoms with Crippen molar-refractivity contribution in [2.75, 3.05) is 17.4 Å². The standard InChI is InChI=1S/C30H35Cl2N3O4S/c1-5-16-33-30(37)28(6-2)34(19-23-13-14-24(31)18-27(23)32)29(36)20-35(25-15-12-21(3)22(4)17-25)40(38,39)26-10-8-7-9-11-26/h7-15,17-18,28H,5-6,16,19-20H2,1-4H3,(H,33,37)/t28-/m1/s1. The summed E-state index contributed by atoms with van der Waals surface area (Å²) >= 11 is 12.5. The summed E-state index contributed by atoms with van der Waals surface area (Å²) in [6.45, 7) is 7.50. The van der Waals surface area contributed by atoms with E-state index in [9.17, 15) is 18.0 Å². The number of nitrogens with one attached hydrogen (secondary N) is 1. The van der Waals surface area contributed by atoms with E-state index < -0.39 is 28.5 Å². The lowest BCUT2D eigenvalue weighted by molar-refractivity contribution is -0.140. The number of sulfonamides is 1. The van der Waals surface area contributed by atoms with Crippen LogP contribution in [0.15, 0.2) is 71.6 Å². The van der Waals surface area contributed by atoms with Gasteiger partial charge in [0.2, 0.25) is 11.8 Å². The summed E-state index contributed by atoms with van der Waals surface area (Å²) in [5.74, 6) is -0.853. The molecule has 0 saturated heterocycles. The lowest BCUT2D eigenvalue weighted by Gasteiger charge is -2.33. The van der Waals surface area contributed by atoms with Crippen molar-refractivity contribution in [1.82, 2.24) is 10.2 Å². The molecule has 0 unspecified atom stereocenters. The van der Waals surface area contributed by atoms with Crippen molar-refractivity contribution >= 4 is 50.7 Å². The van der Waals surface area contributed by atoms with Gasteiger partial charge in [-0.05, 0) is 79.8 Å². The first kappa shape index (κ1) is 31.5. The predicted molar refractivity (Wildman–Crippen MR) is 161 cm³/mol. The fraction of sp³-hybridized carbons (Fsp3) is 0.333. The minimum absolute atomic E-state index is 0.000955. The molecule has 3 aromatic carbocycles. The van der Waals surface area contributed by atoms with Gasteiger partial charge in [-0.2, -0.15) is 0 Å². The predicted octanol–water partition coefficient (Wildman–Crippen LogP) is 6.14. The molecule has 0 fully saturated rings. The number of rotatable bonds is 12. The molecule has 0 aliphatic heterocycles. The van der Waals surface area contributed by atoms with Crippen molar-refractivity contribution in [3.8, 4) is 0 Å². The van der Waals surface area contributed by atoms with Gasteiger partial charge < -0.3 is 10.2 Å². The van der Waals surface area contributed by atoms with E-state index in [0.717, 1.165) is 21.9 Å². The highest BCUT2D eigenvalue weighted by atomic mass is 35.5. The largest absolute Gasteiger partial charge is 0.354 e. The first-order chi connectivity index (χ1) is 19.0. The van der Waals surface area contributed by atoms with Crippen LogP contribution in [0, 0.1) is 13.8 Å². The summed E-state index contributed by atoms with van der Waals surface area (Å²) in [5.41, 5.74) is 2.82. The van der Waals surface area contributed by atoms with Crippen molar-refractivity contribution in [3.05, 3.63) is 93.5 Å². The van der Waals surface area contributed by atoms with Gasteiger partial charge in [-0.15, -0.1) is 0 Å². The second kappa shape index (κ2) is 14.0. The van der Waals surface area contributed by atoms with E-state index in [1.807, 2.05) is 33.8 Å². The number of hydrogen-bond donors (Lipinski definition) is 1. The molecular formula is C30H35Cl2N3O4S.